The van der Waals surface area contributed by atoms with Gasteiger partial charge in [0.2, 0.25) is 5.08 Å². The van der Waals surface area contributed by atoms with Crippen LogP contribution in [0.25, 0.3) is 0 Å². The molecule has 0 aliphatic heterocycles. The lowest BCUT2D eigenvalue weighted by Crippen LogP contribution is -2.31. The van der Waals surface area contributed by atoms with Crippen molar-refractivity contribution in [2.24, 2.45) is 5.41 Å². The van der Waals surface area contributed by atoms with E-state index < -0.39 is 36.8 Å². The van der Waals surface area contributed by atoms with Crippen molar-refractivity contribution in [2.75, 3.05) is 5.08 Å². The summed E-state index contributed by atoms with van der Waals surface area (Å²) in [7, 11) is -8.85. The van der Waals surface area contributed by atoms with Crippen LogP contribution in [0.3, 0.4) is 0 Å². The molecule has 0 aliphatic rings. The van der Waals surface area contributed by atoms with Crippen molar-refractivity contribution < 1.29 is 25.6 Å². The zero-order valence-corrected chi connectivity index (χ0v) is 10.7. The summed E-state index contributed by atoms with van der Waals surface area (Å²) in [6, 6.07) is 0. The van der Waals surface area contributed by atoms with E-state index in [0.29, 0.717) is 0 Å². The van der Waals surface area contributed by atoms with Gasteiger partial charge < -0.3 is 0 Å². The minimum atomic E-state index is -4.59. The van der Waals surface area contributed by atoms with Crippen LogP contribution in [0, 0.1) is 5.41 Å². The molecule has 0 spiro atoms. The van der Waals surface area contributed by atoms with Gasteiger partial charge in [0.15, 0.2) is 0 Å². The lowest BCUT2D eigenvalue weighted by Gasteiger charge is -2.26. The average Bonchev–Trinajstić information content (AvgIpc) is 1.76. The highest BCUT2D eigenvalue weighted by Crippen LogP contribution is 2.23. The van der Waals surface area contributed by atoms with Gasteiger partial charge in [0.05, 0.1) is 6.10 Å². The van der Waals surface area contributed by atoms with Gasteiger partial charge in [-0.15, -0.1) is 0 Å². The van der Waals surface area contributed by atoms with Crippen molar-refractivity contribution in [3.8, 4) is 0 Å². The molecule has 0 aliphatic carbocycles. The van der Waals surface area contributed by atoms with Crippen LogP contribution >= 0.6 is 0 Å². The summed E-state index contributed by atoms with van der Waals surface area (Å²) in [6.07, 6.45) is -0.677. The first-order chi connectivity index (χ1) is 6.33. The average molecular weight is 260 g/mol. The van der Waals surface area contributed by atoms with Crippen LogP contribution in [-0.2, 0) is 24.4 Å². The summed E-state index contributed by atoms with van der Waals surface area (Å²) in [5.41, 5.74) is -0.438. The van der Waals surface area contributed by atoms with Gasteiger partial charge in [-0.2, -0.15) is 16.8 Å². The second-order valence-corrected chi connectivity index (χ2v) is 7.78. The Morgan fingerprint density at radius 2 is 1.60 bits per heavy atom. The predicted octanol–water partition coefficient (Wildman–Crippen LogP) is 0.613. The highest BCUT2D eigenvalue weighted by atomic mass is 32.3. The van der Waals surface area contributed by atoms with Gasteiger partial charge in [-0.1, -0.05) is 20.8 Å². The molecule has 1 unspecified atom stereocenters. The quantitative estimate of drug-likeness (QED) is 0.587. The predicted molar refractivity (Wildman–Crippen MR) is 55.3 cm³/mol. The van der Waals surface area contributed by atoms with Crippen LogP contribution in [0.1, 0.15) is 27.7 Å². The van der Waals surface area contributed by atoms with E-state index in [-0.39, 0.29) is 0 Å². The molecular formula is C7H16O6S2. The Bertz CT molecular complexity index is 399. The lowest BCUT2D eigenvalue weighted by atomic mass is 9.91. The third-order valence-corrected chi connectivity index (χ3v) is 4.73. The molecule has 0 rings (SSSR count). The van der Waals surface area contributed by atoms with E-state index in [2.05, 4.69) is 4.18 Å². The van der Waals surface area contributed by atoms with E-state index in [9.17, 15) is 16.8 Å². The van der Waals surface area contributed by atoms with Crippen molar-refractivity contribution in [3.05, 3.63) is 0 Å². The van der Waals surface area contributed by atoms with E-state index in [0.717, 1.165) is 0 Å². The van der Waals surface area contributed by atoms with E-state index in [1.54, 1.807) is 20.8 Å². The van der Waals surface area contributed by atoms with E-state index >= 15 is 0 Å². The van der Waals surface area contributed by atoms with Crippen LogP contribution in [0.5, 0.6) is 0 Å². The Hall–Kier alpha value is -0.180. The molecule has 1 N–H and O–H groups in total. The third-order valence-electron chi connectivity index (χ3n) is 1.80. The maximum atomic E-state index is 11.1. The smallest absolute Gasteiger partial charge is 0.284 e. The largest absolute Gasteiger partial charge is 0.285 e. The highest BCUT2D eigenvalue weighted by Gasteiger charge is 2.29. The first-order valence-corrected chi connectivity index (χ1v) is 7.38. The molecule has 0 fully saturated rings. The van der Waals surface area contributed by atoms with E-state index in [1.165, 1.54) is 6.92 Å². The maximum absolute atomic E-state index is 11.1. The van der Waals surface area contributed by atoms with Gasteiger partial charge in [-0.3, -0.25) is 8.74 Å². The molecule has 8 heteroatoms. The van der Waals surface area contributed by atoms with Gasteiger partial charge >= 0.3 is 0 Å². The number of hydrogen-bond acceptors (Lipinski definition) is 5. The van der Waals surface area contributed by atoms with Gasteiger partial charge in [-0.25, -0.2) is 0 Å². The minimum Gasteiger partial charge on any atom is -0.285 e. The fourth-order valence-electron chi connectivity index (χ4n) is 0.574. The summed E-state index contributed by atoms with van der Waals surface area (Å²) in [5.74, 6) is 0. The Balaban J connectivity index is 4.69. The Morgan fingerprint density at radius 3 is 1.87 bits per heavy atom. The van der Waals surface area contributed by atoms with Crippen LogP contribution < -0.4 is 0 Å². The molecule has 0 heterocycles. The summed E-state index contributed by atoms with van der Waals surface area (Å²) in [6.45, 7) is 6.77. The van der Waals surface area contributed by atoms with Crippen molar-refractivity contribution in [1.29, 1.82) is 0 Å². The highest BCUT2D eigenvalue weighted by molar-refractivity contribution is 8.03. The van der Waals surface area contributed by atoms with Crippen molar-refractivity contribution >= 4 is 20.2 Å². The molecule has 6 nitrogen and oxygen atoms in total. The first kappa shape index (κ1) is 14.8. The maximum Gasteiger partial charge on any atom is 0.284 e. The SMILES string of the molecule is CC(OS(=O)(=O)CS(=O)(=O)O)C(C)(C)C. The molecule has 0 saturated carbocycles. The van der Waals surface area contributed by atoms with Crippen LogP contribution in [-0.4, -0.2) is 32.6 Å². The Kier molecular flexibility index (Phi) is 4.31. The minimum absolute atomic E-state index is 0.438. The molecule has 0 aromatic heterocycles. The molecule has 1 atom stereocenters. The molecule has 0 aromatic carbocycles. The van der Waals surface area contributed by atoms with E-state index in [4.69, 9.17) is 4.55 Å². The molecule has 15 heavy (non-hydrogen) atoms. The lowest BCUT2D eigenvalue weighted by molar-refractivity contribution is 0.111. The standard InChI is InChI=1S/C7H16O6S2/c1-6(7(2,3)4)13-15(11,12)5-14(8,9)10/h6H,5H2,1-4H3,(H,8,9,10). The van der Waals surface area contributed by atoms with Crippen LogP contribution in [0.2, 0.25) is 0 Å². The van der Waals surface area contributed by atoms with Crippen LogP contribution in [0.15, 0.2) is 0 Å². The monoisotopic (exact) mass is 260 g/mol. The van der Waals surface area contributed by atoms with Crippen molar-refractivity contribution in [1.82, 2.24) is 0 Å². The zero-order valence-electron chi connectivity index (χ0n) is 9.09. The first-order valence-electron chi connectivity index (χ1n) is 4.19. The van der Waals surface area contributed by atoms with Gasteiger partial charge in [0, 0.05) is 0 Å². The summed E-state index contributed by atoms with van der Waals surface area (Å²) < 4.78 is 56.0. The molecule has 92 valence electrons. The Morgan fingerprint density at radius 1 is 1.20 bits per heavy atom. The molecular weight excluding hydrogens is 244 g/mol. The van der Waals surface area contributed by atoms with Gasteiger partial charge in [-0.05, 0) is 12.3 Å². The summed E-state index contributed by atoms with van der Waals surface area (Å²) in [4.78, 5) is 0. The van der Waals surface area contributed by atoms with Crippen molar-refractivity contribution in [2.45, 2.75) is 33.8 Å². The topological polar surface area (TPSA) is 97.7 Å². The number of hydrogen-bond donors (Lipinski definition) is 1. The second-order valence-electron chi connectivity index (χ2n) is 4.36. The van der Waals surface area contributed by atoms with Crippen molar-refractivity contribution in [3.63, 3.8) is 0 Å². The zero-order chi connectivity index (χ0) is 12.5. The second kappa shape index (κ2) is 4.36. The summed E-state index contributed by atoms with van der Waals surface area (Å²) >= 11 is 0. The third kappa shape index (κ3) is 6.82. The fourth-order valence-corrected chi connectivity index (χ4v) is 2.98. The van der Waals surface area contributed by atoms with Gasteiger partial charge in [0.1, 0.15) is 0 Å². The van der Waals surface area contributed by atoms with Gasteiger partial charge in [0.25, 0.3) is 20.2 Å². The molecule has 0 aromatic rings. The molecule has 0 bridgehead atoms. The number of rotatable bonds is 4. The molecule has 0 radical (unpaired) electrons. The summed E-state index contributed by atoms with van der Waals surface area (Å²) in [5, 5.41) is -1.42. The van der Waals surface area contributed by atoms with E-state index in [1.807, 2.05) is 0 Å². The van der Waals surface area contributed by atoms with Crippen LogP contribution in [0.4, 0.5) is 0 Å². The fraction of sp³-hybridized carbons (Fsp3) is 1.00. The Labute approximate surface area is 90.5 Å². The normalized spacial score (nSPS) is 16.3. The molecule has 0 saturated heterocycles. The molecule has 0 amide bonds.